The van der Waals surface area contributed by atoms with Crippen LogP contribution in [0.5, 0.6) is 5.75 Å². The Labute approximate surface area is 290 Å². The molecule has 0 amide bonds. The third-order valence-electron chi connectivity index (χ3n) is 10.3. The second kappa shape index (κ2) is 14.6. The van der Waals surface area contributed by atoms with Gasteiger partial charge in [0.2, 0.25) is 0 Å². The second-order valence-corrected chi connectivity index (χ2v) is 23.8. The molecule has 4 atom stereocenters. The van der Waals surface area contributed by atoms with Gasteiger partial charge in [0.05, 0.1) is 20.3 Å². The van der Waals surface area contributed by atoms with Crippen molar-refractivity contribution >= 4 is 26.8 Å². The van der Waals surface area contributed by atoms with Crippen LogP contribution < -0.4 is 15.1 Å². The summed E-state index contributed by atoms with van der Waals surface area (Å²) >= 11 is 0. The molecule has 2 aliphatic heterocycles. The van der Waals surface area contributed by atoms with Crippen molar-refractivity contribution in [2.75, 3.05) is 13.7 Å². The number of hydrogen-bond donors (Lipinski definition) is 0. The van der Waals surface area contributed by atoms with Crippen LogP contribution in [0, 0.1) is 11.5 Å². The summed E-state index contributed by atoms with van der Waals surface area (Å²) < 4.78 is 39.8. The standard InChI is InChI=1S/C40H54O6Si2/c1-10-47(11-2,12-3)28-27-40(30-43-48(38(4,5)6,33-19-15-13-16-20-33)34-21-17-14-18-22-34)36(35-37(46-40)45-39(7,8)44-35)42-29-31-23-25-32(41-9)26-24-31/h13-26,35-37H,10-12,29-30H2,1-9H3/t35-,36+,37+,40-/m1/s1. The van der Waals surface area contributed by atoms with E-state index in [4.69, 9.17) is 28.1 Å². The summed E-state index contributed by atoms with van der Waals surface area (Å²) in [5.74, 6) is 3.74. The molecule has 5 rings (SSSR count). The Morgan fingerprint density at radius 2 is 1.33 bits per heavy atom. The molecule has 0 bridgehead atoms. The molecule has 3 aromatic rings. The summed E-state index contributed by atoms with van der Waals surface area (Å²) in [6.07, 6.45) is -1.68. The third-order valence-corrected chi connectivity index (χ3v) is 19.9. The predicted octanol–water partition coefficient (Wildman–Crippen LogP) is 7.45. The lowest BCUT2D eigenvalue weighted by atomic mass is 9.97. The van der Waals surface area contributed by atoms with Gasteiger partial charge in [0.15, 0.2) is 17.7 Å². The summed E-state index contributed by atoms with van der Waals surface area (Å²) in [5.41, 5.74) is 3.76. The largest absolute Gasteiger partial charge is 0.497 e. The third kappa shape index (κ3) is 7.24. The summed E-state index contributed by atoms with van der Waals surface area (Å²) in [6.45, 7) is 18.1. The highest BCUT2D eigenvalue weighted by Crippen LogP contribution is 2.46. The van der Waals surface area contributed by atoms with Gasteiger partial charge in [-0.2, -0.15) is 0 Å². The van der Waals surface area contributed by atoms with E-state index < -0.39 is 46.3 Å². The van der Waals surface area contributed by atoms with E-state index in [-0.39, 0.29) is 11.6 Å². The zero-order chi connectivity index (χ0) is 34.6. The molecule has 48 heavy (non-hydrogen) atoms. The minimum Gasteiger partial charge on any atom is -0.497 e. The summed E-state index contributed by atoms with van der Waals surface area (Å²) in [6, 6.07) is 32.6. The monoisotopic (exact) mass is 686 g/mol. The lowest BCUT2D eigenvalue weighted by molar-refractivity contribution is -0.237. The van der Waals surface area contributed by atoms with Gasteiger partial charge in [-0.05, 0) is 65.1 Å². The van der Waals surface area contributed by atoms with Crippen LogP contribution in [0.2, 0.25) is 23.2 Å². The Bertz CT molecular complexity index is 1490. The molecule has 2 heterocycles. The Morgan fingerprint density at radius 3 is 1.83 bits per heavy atom. The maximum Gasteiger partial charge on any atom is 0.261 e. The highest BCUT2D eigenvalue weighted by Gasteiger charge is 2.64. The van der Waals surface area contributed by atoms with Crippen molar-refractivity contribution in [3.05, 3.63) is 90.5 Å². The number of fused-ring (bicyclic) bond motifs is 1. The fourth-order valence-corrected chi connectivity index (χ4v) is 14.3. The molecule has 6 nitrogen and oxygen atoms in total. The molecule has 0 saturated carbocycles. The molecule has 2 aliphatic rings. The van der Waals surface area contributed by atoms with Crippen molar-refractivity contribution in [2.45, 2.75) is 115 Å². The first-order chi connectivity index (χ1) is 22.9. The zero-order valence-electron chi connectivity index (χ0n) is 30.3. The topological polar surface area (TPSA) is 55.4 Å². The van der Waals surface area contributed by atoms with Crippen molar-refractivity contribution < 1.29 is 28.1 Å². The smallest absolute Gasteiger partial charge is 0.261 e. The normalized spacial score (nSPS) is 23.7. The van der Waals surface area contributed by atoms with Crippen LogP contribution in [0.3, 0.4) is 0 Å². The highest BCUT2D eigenvalue weighted by atomic mass is 28.4. The van der Waals surface area contributed by atoms with Crippen LogP contribution in [0.4, 0.5) is 0 Å². The predicted molar refractivity (Wildman–Crippen MR) is 198 cm³/mol. The molecule has 3 aromatic carbocycles. The second-order valence-electron chi connectivity index (χ2n) is 14.6. The Balaban J connectivity index is 1.64. The molecule has 258 valence electrons. The molecule has 2 saturated heterocycles. The van der Waals surface area contributed by atoms with Crippen molar-refractivity contribution in [3.8, 4) is 17.2 Å². The maximum atomic E-state index is 7.57. The van der Waals surface area contributed by atoms with E-state index in [1.807, 2.05) is 38.1 Å². The zero-order valence-corrected chi connectivity index (χ0v) is 32.3. The van der Waals surface area contributed by atoms with Gasteiger partial charge in [-0.3, -0.25) is 0 Å². The van der Waals surface area contributed by atoms with Crippen LogP contribution in [0.25, 0.3) is 0 Å². The summed E-state index contributed by atoms with van der Waals surface area (Å²) in [7, 11) is -3.17. The van der Waals surface area contributed by atoms with Crippen molar-refractivity contribution in [2.24, 2.45) is 0 Å². The van der Waals surface area contributed by atoms with Crippen molar-refractivity contribution in [3.63, 3.8) is 0 Å². The van der Waals surface area contributed by atoms with Crippen LogP contribution in [0.1, 0.15) is 61.0 Å². The minimum absolute atomic E-state index is 0.211. The van der Waals surface area contributed by atoms with E-state index in [2.05, 4.69) is 114 Å². The molecule has 2 fully saturated rings. The van der Waals surface area contributed by atoms with Crippen molar-refractivity contribution in [1.29, 1.82) is 0 Å². The molecule has 0 unspecified atom stereocenters. The van der Waals surface area contributed by atoms with E-state index in [9.17, 15) is 0 Å². The molecular formula is C40H54O6Si2. The summed E-state index contributed by atoms with van der Waals surface area (Å²) in [4.78, 5) is 0. The average molecular weight is 687 g/mol. The quantitative estimate of drug-likeness (QED) is 0.146. The SMILES string of the molecule is CC[Si](C#C[C@]1(CO[Si](c2ccccc2)(c2ccccc2)C(C)(C)C)O[C@@H]2OC(C)(C)O[C@@H]2[C@@H]1OCc1ccc(OC)cc1)(CC)CC. The lowest BCUT2D eigenvalue weighted by Gasteiger charge is -2.45. The summed E-state index contributed by atoms with van der Waals surface area (Å²) in [5, 5.41) is 2.18. The van der Waals surface area contributed by atoms with Crippen LogP contribution in [-0.4, -0.2) is 60.0 Å². The molecule has 0 aromatic heterocycles. The molecule has 8 heteroatoms. The number of methoxy groups -OCH3 is 1. The van der Waals surface area contributed by atoms with Gasteiger partial charge in [-0.1, -0.05) is 120 Å². The number of rotatable bonds is 12. The number of benzene rings is 3. The molecular weight excluding hydrogens is 633 g/mol. The average Bonchev–Trinajstić information content (AvgIpc) is 3.53. The van der Waals surface area contributed by atoms with E-state index in [0.29, 0.717) is 6.61 Å². The molecule has 0 N–H and O–H groups in total. The first kappa shape index (κ1) is 36.5. The maximum absolute atomic E-state index is 7.57. The van der Waals surface area contributed by atoms with E-state index in [1.165, 1.54) is 10.4 Å². The first-order valence-electron chi connectivity index (χ1n) is 17.4. The van der Waals surface area contributed by atoms with Gasteiger partial charge in [0, 0.05) is 0 Å². The molecule has 0 spiro atoms. The Morgan fingerprint density at radius 1 is 0.771 bits per heavy atom. The van der Waals surface area contributed by atoms with E-state index in [1.54, 1.807) is 7.11 Å². The lowest BCUT2D eigenvalue weighted by Crippen LogP contribution is -2.68. The van der Waals surface area contributed by atoms with Crippen LogP contribution >= 0.6 is 0 Å². The van der Waals surface area contributed by atoms with Crippen LogP contribution in [-0.2, 0) is 30.0 Å². The van der Waals surface area contributed by atoms with Gasteiger partial charge >= 0.3 is 0 Å². The van der Waals surface area contributed by atoms with Gasteiger partial charge in [-0.15, -0.1) is 5.54 Å². The van der Waals surface area contributed by atoms with Gasteiger partial charge in [0.1, 0.15) is 26.0 Å². The molecule has 0 radical (unpaired) electrons. The van der Waals surface area contributed by atoms with Crippen LogP contribution in [0.15, 0.2) is 84.9 Å². The number of hydrogen-bond acceptors (Lipinski definition) is 6. The van der Waals surface area contributed by atoms with Gasteiger partial charge in [0.25, 0.3) is 8.32 Å². The minimum atomic E-state index is -2.94. The molecule has 0 aliphatic carbocycles. The number of ether oxygens (including phenoxy) is 5. The fraction of sp³-hybridized carbons (Fsp3) is 0.500. The van der Waals surface area contributed by atoms with E-state index >= 15 is 0 Å². The Kier molecular flexibility index (Phi) is 11.1. The fourth-order valence-electron chi connectivity index (χ4n) is 7.21. The van der Waals surface area contributed by atoms with Crippen molar-refractivity contribution in [1.82, 2.24) is 0 Å². The highest BCUT2D eigenvalue weighted by molar-refractivity contribution is 6.99. The van der Waals surface area contributed by atoms with E-state index in [0.717, 1.165) is 29.4 Å². The Hall–Kier alpha value is -2.75. The van der Waals surface area contributed by atoms with Gasteiger partial charge < -0.3 is 28.1 Å². The first-order valence-corrected chi connectivity index (χ1v) is 22.0. The van der Waals surface area contributed by atoms with Gasteiger partial charge in [-0.25, -0.2) is 0 Å².